The number of hydrogen-bond donors (Lipinski definition) is 2. The van der Waals surface area contributed by atoms with Gasteiger partial charge >= 0.3 is 5.97 Å². The maximum atomic E-state index is 12.3. The molecule has 2 aromatic rings. The van der Waals surface area contributed by atoms with E-state index in [0.29, 0.717) is 22.1 Å². The fourth-order valence-corrected chi connectivity index (χ4v) is 2.43. The fourth-order valence-electron chi connectivity index (χ4n) is 2.26. The molecule has 0 bridgehead atoms. The Kier molecular flexibility index (Phi) is 7.57. The van der Waals surface area contributed by atoms with Crippen LogP contribution in [0.3, 0.4) is 0 Å². The summed E-state index contributed by atoms with van der Waals surface area (Å²) in [6.45, 7) is 1.43. The predicted octanol–water partition coefficient (Wildman–Crippen LogP) is 3.38. The Hall–Kier alpha value is -3.57. The minimum atomic E-state index is -1.08. The lowest BCUT2D eigenvalue weighted by molar-refractivity contribution is -0.123. The van der Waals surface area contributed by atoms with Gasteiger partial charge in [-0.3, -0.25) is 9.59 Å². The number of carbonyl (C=O) groups is 3. The Balaban J connectivity index is 1.98. The Bertz CT molecular complexity index is 954. The lowest BCUT2D eigenvalue weighted by Crippen LogP contribution is -2.30. The summed E-state index contributed by atoms with van der Waals surface area (Å²) in [6.07, 6.45) is -1.35. The molecule has 1 unspecified atom stereocenters. The molecule has 0 spiro atoms. The first kappa shape index (κ1) is 21.7. The number of rotatable bonds is 7. The summed E-state index contributed by atoms with van der Waals surface area (Å²) in [5.74, 6) is -1.31. The smallest absolute Gasteiger partial charge is 0.338 e. The second kappa shape index (κ2) is 10.1. The van der Waals surface area contributed by atoms with Crippen LogP contribution in [0.5, 0.6) is 5.75 Å². The summed E-state index contributed by atoms with van der Waals surface area (Å²) in [6, 6.07) is 12.3. The van der Waals surface area contributed by atoms with Gasteiger partial charge in [-0.2, -0.15) is 5.26 Å². The quantitative estimate of drug-likeness (QED) is 0.669. The van der Waals surface area contributed by atoms with Gasteiger partial charge in [0.1, 0.15) is 12.2 Å². The van der Waals surface area contributed by atoms with Crippen molar-refractivity contribution in [3.63, 3.8) is 0 Å². The van der Waals surface area contributed by atoms with Gasteiger partial charge in [0.15, 0.2) is 6.10 Å². The standard InChI is InChI=1S/C20H18ClN3O5/c1-12(19(26)24-16-11-14(21)5-8-17(16)28-2)29-20(27)13-3-6-15(7-4-13)23-18(25)9-10-22/h3-8,11-12H,9H2,1-2H3,(H,23,25)(H,24,26). The third-order valence-electron chi connectivity index (χ3n) is 3.72. The highest BCUT2D eigenvalue weighted by molar-refractivity contribution is 6.31. The van der Waals surface area contributed by atoms with Gasteiger partial charge in [0.25, 0.3) is 5.91 Å². The van der Waals surface area contributed by atoms with Gasteiger partial charge in [-0.15, -0.1) is 0 Å². The molecule has 2 amide bonds. The number of esters is 1. The Morgan fingerprint density at radius 3 is 2.45 bits per heavy atom. The number of carbonyl (C=O) groups excluding carboxylic acids is 3. The van der Waals surface area contributed by atoms with Gasteiger partial charge < -0.3 is 20.1 Å². The number of nitriles is 1. The summed E-state index contributed by atoms with van der Waals surface area (Å²) in [5, 5.41) is 14.0. The highest BCUT2D eigenvalue weighted by Crippen LogP contribution is 2.27. The van der Waals surface area contributed by atoms with E-state index < -0.39 is 23.9 Å². The molecule has 0 aliphatic heterocycles. The molecule has 1 atom stereocenters. The first-order chi connectivity index (χ1) is 13.8. The molecule has 0 aliphatic rings. The Morgan fingerprint density at radius 2 is 1.83 bits per heavy atom. The first-order valence-electron chi connectivity index (χ1n) is 8.46. The average molecular weight is 416 g/mol. The van der Waals surface area contributed by atoms with Gasteiger partial charge in [-0.1, -0.05) is 11.6 Å². The van der Waals surface area contributed by atoms with Crippen molar-refractivity contribution in [2.75, 3.05) is 17.7 Å². The monoisotopic (exact) mass is 415 g/mol. The third-order valence-corrected chi connectivity index (χ3v) is 3.95. The number of amides is 2. The van der Waals surface area contributed by atoms with Gasteiger partial charge in [0, 0.05) is 10.7 Å². The lowest BCUT2D eigenvalue weighted by atomic mass is 10.2. The van der Waals surface area contributed by atoms with E-state index in [9.17, 15) is 14.4 Å². The van der Waals surface area contributed by atoms with Crippen molar-refractivity contribution >= 4 is 40.8 Å². The number of methoxy groups -OCH3 is 1. The van der Waals surface area contributed by atoms with Crippen molar-refractivity contribution in [2.24, 2.45) is 0 Å². The molecule has 2 N–H and O–H groups in total. The molecule has 29 heavy (non-hydrogen) atoms. The maximum Gasteiger partial charge on any atom is 0.338 e. The zero-order valence-electron chi connectivity index (χ0n) is 15.7. The predicted molar refractivity (Wildman–Crippen MR) is 107 cm³/mol. The van der Waals surface area contributed by atoms with Crippen LogP contribution in [0, 0.1) is 11.3 Å². The summed E-state index contributed by atoms with van der Waals surface area (Å²) in [5.41, 5.74) is 0.981. The molecule has 150 valence electrons. The van der Waals surface area contributed by atoms with Crippen LogP contribution in [0.1, 0.15) is 23.7 Å². The largest absolute Gasteiger partial charge is 0.495 e. The molecule has 0 radical (unpaired) electrons. The van der Waals surface area contributed by atoms with Gasteiger partial charge in [-0.05, 0) is 49.4 Å². The Labute approximate surface area is 172 Å². The fraction of sp³-hybridized carbons (Fsp3) is 0.200. The number of ether oxygens (including phenoxy) is 2. The SMILES string of the molecule is COc1ccc(Cl)cc1NC(=O)C(C)OC(=O)c1ccc(NC(=O)CC#N)cc1. The van der Waals surface area contributed by atoms with E-state index in [4.69, 9.17) is 26.3 Å². The van der Waals surface area contributed by atoms with Crippen LogP contribution in [-0.2, 0) is 14.3 Å². The van der Waals surface area contributed by atoms with Crippen LogP contribution >= 0.6 is 11.6 Å². The Morgan fingerprint density at radius 1 is 1.14 bits per heavy atom. The second-order valence-corrected chi connectivity index (χ2v) is 6.28. The van der Waals surface area contributed by atoms with Crippen molar-refractivity contribution < 1.29 is 23.9 Å². The van der Waals surface area contributed by atoms with Crippen LogP contribution in [0.2, 0.25) is 5.02 Å². The van der Waals surface area contributed by atoms with Gasteiger partial charge in [-0.25, -0.2) is 4.79 Å². The molecular formula is C20H18ClN3O5. The van der Waals surface area contributed by atoms with Crippen molar-refractivity contribution in [3.05, 3.63) is 53.1 Å². The van der Waals surface area contributed by atoms with Gasteiger partial charge in [0.05, 0.1) is 24.4 Å². The number of nitrogens with zero attached hydrogens (tertiary/aromatic N) is 1. The van der Waals surface area contributed by atoms with E-state index in [1.165, 1.54) is 44.4 Å². The molecule has 8 nitrogen and oxygen atoms in total. The molecule has 0 aromatic heterocycles. The van der Waals surface area contributed by atoms with E-state index in [1.54, 1.807) is 18.2 Å². The third kappa shape index (κ3) is 6.23. The van der Waals surface area contributed by atoms with Crippen LogP contribution < -0.4 is 15.4 Å². The van der Waals surface area contributed by atoms with Crippen molar-refractivity contribution in [2.45, 2.75) is 19.4 Å². The normalized spacial score (nSPS) is 11.0. The van der Waals surface area contributed by atoms with E-state index in [1.807, 2.05) is 0 Å². The minimum Gasteiger partial charge on any atom is -0.495 e. The molecule has 0 fully saturated rings. The molecule has 0 saturated carbocycles. The van der Waals surface area contributed by atoms with Crippen molar-refractivity contribution in [1.82, 2.24) is 0 Å². The lowest BCUT2D eigenvalue weighted by Gasteiger charge is -2.15. The van der Waals surface area contributed by atoms with Crippen LogP contribution in [-0.4, -0.2) is 31.0 Å². The summed E-state index contributed by atoms with van der Waals surface area (Å²) in [4.78, 5) is 36.0. The van der Waals surface area contributed by atoms with Crippen LogP contribution in [0.4, 0.5) is 11.4 Å². The molecule has 2 aromatic carbocycles. The molecular weight excluding hydrogens is 398 g/mol. The molecule has 2 rings (SSSR count). The highest BCUT2D eigenvalue weighted by atomic mass is 35.5. The zero-order chi connectivity index (χ0) is 21.4. The number of benzene rings is 2. The van der Waals surface area contributed by atoms with Crippen molar-refractivity contribution in [1.29, 1.82) is 5.26 Å². The van der Waals surface area contributed by atoms with E-state index in [0.717, 1.165) is 0 Å². The number of hydrogen-bond acceptors (Lipinski definition) is 6. The van der Waals surface area contributed by atoms with Gasteiger partial charge in [0.2, 0.25) is 5.91 Å². The molecule has 0 saturated heterocycles. The molecule has 0 aliphatic carbocycles. The maximum absolute atomic E-state index is 12.3. The van der Waals surface area contributed by atoms with E-state index >= 15 is 0 Å². The average Bonchev–Trinajstić information content (AvgIpc) is 2.68. The number of anilines is 2. The van der Waals surface area contributed by atoms with E-state index in [-0.39, 0.29) is 12.0 Å². The zero-order valence-corrected chi connectivity index (χ0v) is 16.4. The number of halogens is 1. The first-order valence-corrected chi connectivity index (χ1v) is 8.84. The second-order valence-electron chi connectivity index (χ2n) is 5.84. The summed E-state index contributed by atoms with van der Waals surface area (Å²) >= 11 is 5.93. The highest BCUT2D eigenvalue weighted by Gasteiger charge is 2.20. The topological polar surface area (TPSA) is 118 Å². The van der Waals surface area contributed by atoms with Crippen LogP contribution in [0.25, 0.3) is 0 Å². The minimum absolute atomic E-state index is 0.197. The van der Waals surface area contributed by atoms with Crippen LogP contribution in [0.15, 0.2) is 42.5 Å². The molecule has 9 heteroatoms. The van der Waals surface area contributed by atoms with E-state index in [2.05, 4.69) is 10.6 Å². The summed E-state index contributed by atoms with van der Waals surface area (Å²) in [7, 11) is 1.45. The summed E-state index contributed by atoms with van der Waals surface area (Å²) < 4.78 is 10.3. The number of nitrogens with one attached hydrogen (secondary N) is 2. The molecule has 0 heterocycles. The van der Waals surface area contributed by atoms with Crippen molar-refractivity contribution in [3.8, 4) is 11.8 Å².